The highest BCUT2D eigenvalue weighted by Crippen LogP contribution is 2.14. The summed E-state index contributed by atoms with van der Waals surface area (Å²) in [7, 11) is 0. The number of hydrazine groups is 2. The summed E-state index contributed by atoms with van der Waals surface area (Å²) in [6, 6.07) is 1.62. The van der Waals surface area contributed by atoms with Gasteiger partial charge in [-0.15, -0.1) is 0 Å². The number of carbonyl (C=O) groups is 4. The van der Waals surface area contributed by atoms with Crippen LogP contribution in [0.25, 0.3) is 0 Å². The largest absolute Gasteiger partial charge is 0.480 e. The van der Waals surface area contributed by atoms with Crippen LogP contribution in [0.1, 0.15) is 20.7 Å². The van der Waals surface area contributed by atoms with Gasteiger partial charge in [0.15, 0.2) is 23.7 Å². The Bertz CT molecular complexity index is 564. The van der Waals surface area contributed by atoms with Crippen LogP contribution in [0, 0.1) is 0 Å². The molecule has 0 aromatic heterocycles. The number of carboxylic acid groups (broad SMARTS) is 2. The summed E-state index contributed by atoms with van der Waals surface area (Å²) in [5, 5.41) is 17.8. The summed E-state index contributed by atoms with van der Waals surface area (Å²) in [5.74, 6) is 4.97. The van der Waals surface area contributed by atoms with Crippen molar-refractivity contribution in [2.45, 2.75) is 12.1 Å². The smallest absolute Gasteiger partial charge is 0.330 e. The Morgan fingerprint density at radius 1 is 0.818 bits per heavy atom. The fraction of sp³-hybridized carbons (Fsp3) is 0.167. The zero-order valence-corrected chi connectivity index (χ0v) is 11.1. The third kappa shape index (κ3) is 3.51. The van der Waals surface area contributed by atoms with Gasteiger partial charge in [0.05, 0.1) is 0 Å². The number of nitrogens with one attached hydrogen (secondary N) is 2. The van der Waals surface area contributed by atoms with Crippen molar-refractivity contribution < 1.29 is 29.4 Å². The van der Waals surface area contributed by atoms with Gasteiger partial charge in [-0.1, -0.05) is 24.3 Å². The minimum atomic E-state index is -1.77. The Kier molecular flexibility index (Phi) is 5.83. The van der Waals surface area contributed by atoms with E-state index in [1.165, 1.54) is 24.3 Å². The summed E-state index contributed by atoms with van der Waals surface area (Å²) in [6.45, 7) is 0. The second kappa shape index (κ2) is 7.38. The Morgan fingerprint density at radius 3 is 1.36 bits per heavy atom. The standard InChI is InChI=1S/C12H14N4O6/c13-15-7(11(19)20)9(17)5-3-1-2-4-6(5)10(18)8(16-14)12(21)22/h1-4,7-8,15-16H,13-14H2,(H,19,20)(H,21,22). The number of carboxylic acids is 2. The number of nitrogens with two attached hydrogens (primary N) is 2. The van der Waals surface area contributed by atoms with Crippen LogP contribution < -0.4 is 22.5 Å². The molecule has 0 saturated carbocycles. The second-order valence-electron chi connectivity index (χ2n) is 4.15. The van der Waals surface area contributed by atoms with Crippen LogP contribution in [0.15, 0.2) is 24.3 Å². The molecule has 2 unspecified atom stereocenters. The van der Waals surface area contributed by atoms with Crippen molar-refractivity contribution in [3.8, 4) is 0 Å². The SMILES string of the molecule is NNC(C(=O)O)C(=O)c1ccccc1C(=O)C(NN)C(=O)O. The predicted octanol–water partition coefficient (Wildman–Crippen LogP) is -2.11. The molecule has 0 bridgehead atoms. The van der Waals surface area contributed by atoms with Gasteiger partial charge >= 0.3 is 11.9 Å². The van der Waals surface area contributed by atoms with Gasteiger partial charge in [-0.05, 0) is 0 Å². The summed E-state index contributed by atoms with van der Waals surface area (Å²) in [4.78, 5) is 46.2. The third-order valence-electron chi connectivity index (χ3n) is 2.81. The second-order valence-corrected chi connectivity index (χ2v) is 4.15. The van der Waals surface area contributed by atoms with Crippen molar-refractivity contribution in [2.24, 2.45) is 11.7 Å². The Labute approximate surface area is 124 Å². The molecule has 0 spiro atoms. The predicted molar refractivity (Wildman–Crippen MR) is 72.6 cm³/mol. The van der Waals surface area contributed by atoms with E-state index in [4.69, 9.17) is 21.9 Å². The minimum absolute atomic E-state index is 0.278. The van der Waals surface area contributed by atoms with Crippen LogP contribution in [0.3, 0.4) is 0 Å². The summed E-state index contributed by atoms with van der Waals surface area (Å²) >= 11 is 0. The van der Waals surface area contributed by atoms with E-state index in [1.54, 1.807) is 0 Å². The molecule has 0 aliphatic heterocycles. The van der Waals surface area contributed by atoms with E-state index in [-0.39, 0.29) is 11.1 Å². The van der Waals surface area contributed by atoms with E-state index in [2.05, 4.69) is 0 Å². The molecule has 118 valence electrons. The van der Waals surface area contributed by atoms with Crippen molar-refractivity contribution in [1.82, 2.24) is 10.9 Å². The average molecular weight is 310 g/mol. The van der Waals surface area contributed by atoms with E-state index in [1.807, 2.05) is 10.9 Å². The molecule has 1 aromatic rings. The molecular weight excluding hydrogens is 296 g/mol. The van der Waals surface area contributed by atoms with E-state index < -0.39 is 35.6 Å². The van der Waals surface area contributed by atoms with E-state index >= 15 is 0 Å². The lowest BCUT2D eigenvalue weighted by atomic mass is 9.94. The van der Waals surface area contributed by atoms with Crippen molar-refractivity contribution in [3.05, 3.63) is 35.4 Å². The lowest BCUT2D eigenvalue weighted by Crippen LogP contribution is -2.49. The van der Waals surface area contributed by atoms with Gasteiger partial charge in [-0.2, -0.15) is 0 Å². The zero-order valence-electron chi connectivity index (χ0n) is 11.1. The summed E-state index contributed by atoms with van der Waals surface area (Å²) < 4.78 is 0. The fourth-order valence-corrected chi connectivity index (χ4v) is 1.74. The Morgan fingerprint density at radius 2 is 1.14 bits per heavy atom. The van der Waals surface area contributed by atoms with Gasteiger partial charge in [0.1, 0.15) is 0 Å². The zero-order chi connectivity index (χ0) is 16.9. The molecule has 0 radical (unpaired) electrons. The minimum Gasteiger partial charge on any atom is -0.480 e. The molecule has 0 heterocycles. The molecule has 0 amide bonds. The highest BCUT2D eigenvalue weighted by Gasteiger charge is 2.32. The molecule has 1 aromatic carbocycles. The number of ketones is 2. The van der Waals surface area contributed by atoms with Crippen LogP contribution in [0.4, 0.5) is 0 Å². The number of Topliss-reactive ketones (excluding diaryl/α,β-unsaturated/α-hetero) is 2. The number of rotatable bonds is 8. The molecule has 8 N–H and O–H groups in total. The first-order valence-corrected chi connectivity index (χ1v) is 5.90. The average Bonchev–Trinajstić information content (AvgIpc) is 2.47. The van der Waals surface area contributed by atoms with Crippen LogP contribution in [0.2, 0.25) is 0 Å². The monoisotopic (exact) mass is 310 g/mol. The first-order chi connectivity index (χ1) is 10.3. The van der Waals surface area contributed by atoms with Crippen molar-refractivity contribution in [2.75, 3.05) is 0 Å². The molecule has 22 heavy (non-hydrogen) atoms. The first kappa shape index (κ1) is 17.4. The van der Waals surface area contributed by atoms with Crippen molar-refractivity contribution in [3.63, 3.8) is 0 Å². The van der Waals surface area contributed by atoms with E-state index in [0.717, 1.165) is 0 Å². The number of benzene rings is 1. The molecular formula is C12H14N4O6. The lowest BCUT2D eigenvalue weighted by Gasteiger charge is -2.15. The molecule has 0 fully saturated rings. The Balaban J connectivity index is 3.30. The third-order valence-corrected chi connectivity index (χ3v) is 2.81. The summed E-state index contributed by atoms with van der Waals surface area (Å²) in [6.07, 6.45) is 0. The van der Waals surface area contributed by atoms with Gasteiger partial charge in [-0.3, -0.25) is 21.3 Å². The maximum atomic E-state index is 12.1. The maximum absolute atomic E-state index is 12.1. The number of hydrogen-bond donors (Lipinski definition) is 6. The van der Waals surface area contributed by atoms with E-state index in [9.17, 15) is 19.2 Å². The van der Waals surface area contributed by atoms with Crippen LogP contribution >= 0.6 is 0 Å². The van der Waals surface area contributed by atoms with Crippen molar-refractivity contribution >= 4 is 23.5 Å². The van der Waals surface area contributed by atoms with Gasteiger partial charge in [0, 0.05) is 11.1 Å². The normalized spacial score (nSPS) is 13.2. The maximum Gasteiger partial charge on any atom is 0.330 e. The van der Waals surface area contributed by atoms with Crippen molar-refractivity contribution in [1.29, 1.82) is 0 Å². The Hall–Kier alpha value is -2.66. The van der Waals surface area contributed by atoms with Crippen LogP contribution in [-0.4, -0.2) is 45.8 Å². The fourth-order valence-electron chi connectivity index (χ4n) is 1.74. The molecule has 10 heteroatoms. The molecule has 1 rings (SSSR count). The topological polar surface area (TPSA) is 185 Å². The lowest BCUT2D eigenvalue weighted by molar-refractivity contribution is -0.139. The molecule has 0 aliphatic carbocycles. The van der Waals surface area contributed by atoms with Crippen LogP contribution in [-0.2, 0) is 9.59 Å². The first-order valence-electron chi connectivity index (χ1n) is 5.90. The van der Waals surface area contributed by atoms with Gasteiger partial charge in [-0.25, -0.2) is 20.4 Å². The van der Waals surface area contributed by atoms with E-state index in [0.29, 0.717) is 0 Å². The molecule has 0 saturated heterocycles. The van der Waals surface area contributed by atoms with Crippen LogP contribution in [0.5, 0.6) is 0 Å². The molecule has 0 aliphatic rings. The number of aliphatic carboxylic acids is 2. The molecule has 2 atom stereocenters. The summed E-state index contributed by atoms with van der Waals surface area (Å²) in [5.41, 5.74) is 3.07. The number of hydrogen-bond acceptors (Lipinski definition) is 8. The van der Waals surface area contributed by atoms with Gasteiger partial charge in [0.2, 0.25) is 0 Å². The van der Waals surface area contributed by atoms with Gasteiger partial charge in [0.25, 0.3) is 0 Å². The van der Waals surface area contributed by atoms with Gasteiger partial charge < -0.3 is 10.2 Å². The highest BCUT2D eigenvalue weighted by atomic mass is 16.4. The molecule has 10 nitrogen and oxygen atoms in total. The number of carbonyl (C=O) groups excluding carboxylic acids is 2. The highest BCUT2D eigenvalue weighted by molar-refractivity contribution is 6.20. The quantitative estimate of drug-likeness (QED) is 0.134.